The van der Waals surface area contributed by atoms with E-state index in [1.54, 1.807) is 0 Å². The first kappa shape index (κ1) is 16.3. The fourth-order valence-electron chi connectivity index (χ4n) is 4.47. The Balaban J connectivity index is 1.62. The van der Waals surface area contributed by atoms with Crippen molar-refractivity contribution in [2.75, 3.05) is 39.9 Å². The Bertz CT molecular complexity index is 307. The number of quaternary nitrogens is 1. The lowest BCUT2D eigenvalue weighted by molar-refractivity contribution is -0.906. The lowest BCUT2D eigenvalue weighted by atomic mass is 9.45. The molecule has 2 nitrogen and oxygen atoms in total. The maximum Gasteiger partial charge on any atom is 0.102 e. The normalized spacial score (nSPS) is 31.9. The molecule has 0 aliphatic heterocycles. The summed E-state index contributed by atoms with van der Waals surface area (Å²) in [4.78, 5) is 0. The Morgan fingerprint density at radius 2 is 1.80 bits per heavy atom. The summed E-state index contributed by atoms with van der Waals surface area (Å²) in [5.41, 5.74) is 0.628. The minimum atomic E-state index is 0.628. The van der Waals surface area contributed by atoms with E-state index < -0.39 is 0 Å². The molecule has 20 heavy (non-hydrogen) atoms. The van der Waals surface area contributed by atoms with E-state index in [0.717, 1.165) is 42.0 Å². The van der Waals surface area contributed by atoms with Gasteiger partial charge in [0.15, 0.2) is 0 Å². The molecule has 3 rings (SSSR count). The summed E-state index contributed by atoms with van der Waals surface area (Å²) in [6.45, 7) is 15.0. The molecule has 0 aromatic rings. The molecule has 0 N–H and O–H groups in total. The van der Waals surface area contributed by atoms with Crippen molar-refractivity contribution >= 4 is 0 Å². The van der Waals surface area contributed by atoms with Crippen LogP contribution in [0, 0.1) is 23.2 Å². The molecule has 3 saturated carbocycles. The fraction of sp³-hybridized carbons (Fsp3) is 1.00. The summed E-state index contributed by atoms with van der Waals surface area (Å²) in [6.07, 6.45) is 5.72. The summed E-state index contributed by atoms with van der Waals surface area (Å²) < 4.78 is 7.09. The molecule has 0 aromatic heterocycles. The number of rotatable bonds is 8. The summed E-state index contributed by atoms with van der Waals surface area (Å²) in [5.74, 6) is 2.95. The van der Waals surface area contributed by atoms with Gasteiger partial charge in [0.25, 0.3) is 0 Å². The quantitative estimate of drug-likeness (QED) is 0.484. The van der Waals surface area contributed by atoms with Gasteiger partial charge in [-0.1, -0.05) is 13.8 Å². The van der Waals surface area contributed by atoms with E-state index in [2.05, 4.69) is 34.7 Å². The van der Waals surface area contributed by atoms with Gasteiger partial charge in [-0.15, -0.1) is 0 Å². The third-order valence-corrected chi connectivity index (χ3v) is 6.94. The molecule has 0 spiro atoms. The van der Waals surface area contributed by atoms with Gasteiger partial charge in [-0.25, -0.2) is 0 Å². The number of ether oxygens (including phenoxy) is 1. The zero-order valence-electron chi connectivity index (χ0n) is 14.5. The predicted octanol–water partition coefficient (Wildman–Crippen LogP) is 3.95. The summed E-state index contributed by atoms with van der Waals surface area (Å²) in [5, 5.41) is 0. The van der Waals surface area contributed by atoms with Gasteiger partial charge >= 0.3 is 0 Å². The van der Waals surface area contributed by atoms with E-state index in [1.165, 1.54) is 38.8 Å². The molecule has 3 aliphatic rings. The first-order chi connectivity index (χ1) is 9.43. The van der Waals surface area contributed by atoms with E-state index >= 15 is 0 Å². The zero-order chi connectivity index (χ0) is 14.8. The Labute approximate surface area is 126 Å². The van der Waals surface area contributed by atoms with Crippen molar-refractivity contribution in [3.63, 3.8) is 0 Å². The largest absolute Gasteiger partial charge is 0.376 e. The highest BCUT2D eigenvalue weighted by Crippen LogP contribution is 2.61. The van der Waals surface area contributed by atoms with Gasteiger partial charge in [0.05, 0.1) is 26.7 Å². The smallest absolute Gasteiger partial charge is 0.102 e. The molecule has 0 aromatic carbocycles. The first-order valence-corrected chi connectivity index (χ1v) is 8.84. The maximum absolute atomic E-state index is 5.95. The van der Waals surface area contributed by atoms with Crippen LogP contribution in [0.3, 0.4) is 0 Å². The van der Waals surface area contributed by atoms with Crippen molar-refractivity contribution in [1.29, 1.82) is 0 Å². The van der Waals surface area contributed by atoms with Crippen molar-refractivity contribution in [2.45, 2.75) is 53.4 Å². The molecule has 3 atom stereocenters. The van der Waals surface area contributed by atoms with Gasteiger partial charge < -0.3 is 9.22 Å². The van der Waals surface area contributed by atoms with Crippen molar-refractivity contribution in [3.05, 3.63) is 0 Å². The zero-order valence-corrected chi connectivity index (χ0v) is 14.5. The van der Waals surface area contributed by atoms with Gasteiger partial charge in [0, 0.05) is 6.61 Å². The number of likely N-dealkylation sites (N-methyl/N-ethyl adjacent to an activating group) is 1. The van der Waals surface area contributed by atoms with Crippen molar-refractivity contribution < 1.29 is 9.22 Å². The highest BCUT2D eigenvalue weighted by Gasteiger charge is 2.53. The number of hydrogen-bond acceptors (Lipinski definition) is 1. The summed E-state index contributed by atoms with van der Waals surface area (Å²) in [6, 6.07) is 0. The monoisotopic (exact) mass is 282 g/mol. The van der Waals surface area contributed by atoms with Crippen LogP contribution in [0.5, 0.6) is 0 Å². The second-order valence-electron chi connectivity index (χ2n) is 8.07. The fourth-order valence-corrected chi connectivity index (χ4v) is 4.47. The first-order valence-electron chi connectivity index (χ1n) is 8.84. The van der Waals surface area contributed by atoms with Crippen LogP contribution in [0.2, 0.25) is 0 Å². The van der Waals surface area contributed by atoms with Gasteiger partial charge in [-0.2, -0.15) is 0 Å². The Hall–Kier alpha value is -0.0800. The molecule has 0 heterocycles. The molecular formula is C18H36NO+. The number of fused-ring (bicyclic) bond motifs is 2. The van der Waals surface area contributed by atoms with Crippen LogP contribution in [-0.4, -0.2) is 44.4 Å². The van der Waals surface area contributed by atoms with E-state index in [1.807, 2.05) is 0 Å². The summed E-state index contributed by atoms with van der Waals surface area (Å²) in [7, 11) is 2.33. The Morgan fingerprint density at radius 3 is 2.35 bits per heavy atom. The Morgan fingerprint density at radius 1 is 1.10 bits per heavy atom. The predicted molar refractivity (Wildman–Crippen MR) is 85.7 cm³/mol. The van der Waals surface area contributed by atoms with Gasteiger partial charge in [-0.3, -0.25) is 0 Å². The second-order valence-corrected chi connectivity index (χ2v) is 8.07. The van der Waals surface area contributed by atoms with Crippen LogP contribution in [-0.2, 0) is 4.74 Å². The van der Waals surface area contributed by atoms with Gasteiger partial charge in [-0.05, 0) is 62.7 Å². The van der Waals surface area contributed by atoms with Gasteiger partial charge in [0.1, 0.15) is 6.54 Å². The average Bonchev–Trinajstić information content (AvgIpc) is 2.46. The number of nitrogens with zero attached hydrogens (tertiary/aromatic N) is 1. The van der Waals surface area contributed by atoms with Crippen LogP contribution >= 0.6 is 0 Å². The molecule has 3 fully saturated rings. The molecular weight excluding hydrogens is 246 g/mol. The lowest BCUT2D eigenvalue weighted by Crippen LogP contribution is -2.52. The summed E-state index contributed by atoms with van der Waals surface area (Å²) >= 11 is 0. The van der Waals surface area contributed by atoms with Crippen molar-refractivity contribution in [3.8, 4) is 0 Å². The van der Waals surface area contributed by atoms with E-state index in [9.17, 15) is 0 Å². The highest BCUT2D eigenvalue weighted by atomic mass is 16.5. The van der Waals surface area contributed by atoms with Crippen LogP contribution in [0.1, 0.15) is 53.4 Å². The Kier molecular flexibility index (Phi) is 5.18. The minimum absolute atomic E-state index is 0.628. The van der Waals surface area contributed by atoms with Crippen LogP contribution in [0.15, 0.2) is 0 Å². The maximum atomic E-state index is 5.95. The van der Waals surface area contributed by atoms with Crippen molar-refractivity contribution in [2.24, 2.45) is 23.2 Å². The topological polar surface area (TPSA) is 9.23 Å². The lowest BCUT2D eigenvalue weighted by Gasteiger charge is -2.60. The molecule has 0 radical (unpaired) electrons. The molecule has 3 unspecified atom stereocenters. The van der Waals surface area contributed by atoms with E-state index in [0.29, 0.717) is 5.41 Å². The van der Waals surface area contributed by atoms with E-state index in [4.69, 9.17) is 4.74 Å². The molecule has 2 heteroatoms. The van der Waals surface area contributed by atoms with Crippen LogP contribution in [0.4, 0.5) is 0 Å². The molecule has 118 valence electrons. The molecule has 2 bridgehead atoms. The number of hydrogen-bond donors (Lipinski definition) is 0. The second kappa shape index (κ2) is 6.36. The van der Waals surface area contributed by atoms with Crippen molar-refractivity contribution in [1.82, 2.24) is 0 Å². The third-order valence-electron chi connectivity index (χ3n) is 6.94. The highest BCUT2D eigenvalue weighted by molar-refractivity contribution is 5.03. The van der Waals surface area contributed by atoms with Gasteiger partial charge in [0.2, 0.25) is 0 Å². The molecule has 0 amide bonds. The SMILES string of the molecule is CC[N+](C)(CC)CCOCCC1CCC2CC1C2(C)C. The standard InChI is InChI=1S/C18H36NO/c1-6-19(5,7-2)11-13-20-12-10-15-8-9-16-14-17(15)18(16,3)4/h15-17H,6-14H2,1-5H3/q+1. The van der Waals surface area contributed by atoms with Crippen LogP contribution < -0.4 is 0 Å². The van der Waals surface area contributed by atoms with Crippen LogP contribution in [0.25, 0.3) is 0 Å². The molecule has 3 aliphatic carbocycles. The van der Waals surface area contributed by atoms with E-state index in [-0.39, 0.29) is 0 Å². The average molecular weight is 282 g/mol. The minimum Gasteiger partial charge on any atom is -0.376 e. The third kappa shape index (κ3) is 3.22. The molecule has 0 saturated heterocycles.